The molecular formula is C16H21NO4. The molecule has 5 heteroatoms. The largest absolute Gasteiger partial charge is 0.491 e. The molecule has 1 amide bonds. The first-order valence-electron chi connectivity index (χ1n) is 7.21. The van der Waals surface area contributed by atoms with Gasteiger partial charge >= 0.3 is 5.97 Å². The van der Waals surface area contributed by atoms with Gasteiger partial charge in [0.2, 0.25) is 0 Å². The van der Waals surface area contributed by atoms with Crippen molar-refractivity contribution in [3.63, 3.8) is 0 Å². The van der Waals surface area contributed by atoms with E-state index >= 15 is 0 Å². The number of hydrogen-bond acceptors (Lipinski definition) is 3. The summed E-state index contributed by atoms with van der Waals surface area (Å²) in [4.78, 5) is 23.3. The van der Waals surface area contributed by atoms with Gasteiger partial charge in [0.15, 0.2) is 0 Å². The average molecular weight is 291 g/mol. The van der Waals surface area contributed by atoms with Crippen LogP contribution in [0.15, 0.2) is 24.3 Å². The summed E-state index contributed by atoms with van der Waals surface area (Å²) >= 11 is 0. The minimum atomic E-state index is -0.824. The van der Waals surface area contributed by atoms with E-state index in [9.17, 15) is 14.7 Å². The SMILES string of the molecule is CC(C)Oc1ccc(C(=O)NCC2(C(=O)O)CCC2)cc1. The van der Waals surface area contributed by atoms with Crippen LogP contribution in [0.4, 0.5) is 0 Å². The zero-order valence-electron chi connectivity index (χ0n) is 12.4. The number of hydrogen-bond donors (Lipinski definition) is 2. The minimum absolute atomic E-state index is 0.0821. The summed E-state index contributed by atoms with van der Waals surface area (Å²) in [6.45, 7) is 4.06. The number of carboxylic acids is 1. The third-order valence-electron chi connectivity index (χ3n) is 3.84. The number of carbonyl (C=O) groups excluding carboxylic acids is 1. The van der Waals surface area contributed by atoms with Crippen molar-refractivity contribution >= 4 is 11.9 Å². The van der Waals surface area contributed by atoms with Crippen LogP contribution < -0.4 is 10.1 Å². The van der Waals surface area contributed by atoms with Gasteiger partial charge in [-0.05, 0) is 51.0 Å². The zero-order valence-corrected chi connectivity index (χ0v) is 12.4. The van der Waals surface area contributed by atoms with Gasteiger partial charge in [0, 0.05) is 12.1 Å². The van der Waals surface area contributed by atoms with E-state index in [-0.39, 0.29) is 18.6 Å². The fourth-order valence-electron chi connectivity index (χ4n) is 2.38. The normalized spacial score (nSPS) is 16.1. The average Bonchev–Trinajstić information content (AvgIpc) is 2.37. The molecule has 1 aromatic carbocycles. The lowest BCUT2D eigenvalue weighted by atomic mass is 9.69. The molecule has 21 heavy (non-hydrogen) atoms. The number of aliphatic carboxylic acids is 1. The number of rotatable bonds is 6. The Morgan fingerprint density at radius 2 is 1.90 bits per heavy atom. The first-order valence-corrected chi connectivity index (χ1v) is 7.21. The van der Waals surface area contributed by atoms with Crippen molar-refractivity contribution in [3.8, 4) is 5.75 Å². The van der Waals surface area contributed by atoms with Crippen LogP contribution in [0.3, 0.4) is 0 Å². The third-order valence-corrected chi connectivity index (χ3v) is 3.84. The number of nitrogens with one attached hydrogen (secondary N) is 1. The molecule has 0 aliphatic heterocycles. The molecule has 1 aliphatic rings. The topological polar surface area (TPSA) is 75.6 Å². The van der Waals surface area contributed by atoms with Crippen LogP contribution in [-0.4, -0.2) is 29.6 Å². The van der Waals surface area contributed by atoms with Gasteiger partial charge in [-0.3, -0.25) is 9.59 Å². The highest BCUT2D eigenvalue weighted by molar-refractivity contribution is 5.94. The predicted molar refractivity (Wildman–Crippen MR) is 78.5 cm³/mol. The van der Waals surface area contributed by atoms with E-state index in [2.05, 4.69) is 5.32 Å². The molecule has 0 radical (unpaired) electrons. The summed E-state index contributed by atoms with van der Waals surface area (Å²) in [7, 11) is 0. The van der Waals surface area contributed by atoms with Crippen LogP contribution in [0, 0.1) is 5.41 Å². The van der Waals surface area contributed by atoms with Crippen molar-refractivity contribution in [3.05, 3.63) is 29.8 Å². The smallest absolute Gasteiger partial charge is 0.311 e. The molecule has 0 bridgehead atoms. The second-order valence-electron chi connectivity index (χ2n) is 5.81. The third kappa shape index (κ3) is 3.54. The highest BCUT2D eigenvalue weighted by atomic mass is 16.5. The Morgan fingerprint density at radius 1 is 1.29 bits per heavy atom. The van der Waals surface area contributed by atoms with E-state index in [1.165, 1.54) is 0 Å². The minimum Gasteiger partial charge on any atom is -0.491 e. The summed E-state index contributed by atoms with van der Waals surface area (Å²) in [5, 5.41) is 11.9. The standard InChI is InChI=1S/C16H21NO4/c1-11(2)21-13-6-4-12(5-7-13)14(18)17-10-16(15(19)20)8-3-9-16/h4-7,11H,3,8-10H2,1-2H3,(H,17,18)(H,19,20). The Hall–Kier alpha value is -2.04. The second kappa shape index (κ2) is 6.16. The Morgan fingerprint density at radius 3 is 2.33 bits per heavy atom. The molecule has 114 valence electrons. The van der Waals surface area contributed by atoms with Crippen molar-refractivity contribution in [1.29, 1.82) is 0 Å². The van der Waals surface area contributed by atoms with Crippen molar-refractivity contribution in [2.45, 2.75) is 39.2 Å². The van der Waals surface area contributed by atoms with Gasteiger partial charge in [-0.25, -0.2) is 0 Å². The number of amides is 1. The van der Waals surface area contributed by atoms with E-state index in [0.29, 0.717) is 24.2 Å². The Kier molecular flexibility index (Phi) is 4.50. The second-order valence-corrected chi connectivity index (χ2v) is 5.81. The first kappa shape index (κ1) is 15.4. The Labute approximate surface area is 124 Å². The van der Waals surface area contributed by atoms with Crippen LogP contribution in [0.25, 0.3) is 0 Å². The molecule has 0 heterocycles. The Balaban J connectivity index is 1.93. The molecule has 0 unspecified atom stereocenters. The van der Waals surface area contributed by atoms with E-state index in [1.54, 1.807) is 24.3 Å². The highest BCUT2D eigenvalue weighted by Crippen LogP contribution is 2.40. The zero-order chi connectivity index (χ0) is 15.5. The van der Waals surface area contributed by atoms with Crippen LogP contribution >= 0.6 is 0 Å². The molecule has 1 fully saturated rings. The van der Waals surface area contributed by atoms with Gasteiger partial charge in [0.05, 0.1) is 11.5 Å². The van der Waals surface area contributed by atoms with Crippen molar-refractivity contribution < 1.29 is 19.4 Å². The van der Waals surface area contributed by atoms with Gasteiger partial charge in [-0.2, -0.15) is 0 Å². The molecule has 2 rings (SSSR count). The quantitative estimate of drug-likeness (QED) is 0.844. The van der Waals surface area contributed by atoms with Crippen molar-refractivity contribution in [1.82, 2.24) is 5.32 Å². The van der Waals surface area contributed by atoms with Crippen LogP contribution in [0.1, 0.15) is 43.5 Å². The summed E-state index contributed by atoms with van der Waals surface area (Å²) in [5.41, 5.74) is -0.262. The fourth-order valence-corrected chi connectivity index (χ4v) is 2.38. The number of carboxylic acid groups (broad SMARTS) is 1. The lowest BCUT2D eigenvalue weighted by Gasteiger charge is -2.37. The van der Waals surface area contributed by atoms with E-state index in [0.717, 1.165) is 6.42 Å². The summed E-state index contributed by atoms with van der Waals surface area (Å²) in [6.07, 6.45) is 2.25. The summed E-state index contributed by atoms with van der Waals surface area (Å²) in [6, 6.07) is 6.85. The predicted octanol–water partition coefficient (Wildman–Crippen LogP) is 2.46. The molecule has 1 aromatic rings. The molecule has 1 aliphatic carbocycles. The maximum Gasteiger partial charge on any atom is 0.311 e. The van der Waals surface area contributed by atoms with Gasteiger partial charge < -0.3 is 15.2 Å². The lowest BCUT2D eigenvalue weighted by Crippen LogP contribution is -2.47. The fraction of sp³-hybridized carbons (Fsp3) is 0.500. The van der Waals surface area contributed by atoms with Gasteiger partial charge in [0.1, 0.15) is 5.75 Å². The van der Waals surface area contributed by atoms with Crippen LogP contribution in [0.5, 0.6) is 5.75 Å². The van der Waals surface area contributed by atoms with Crippen LogP contribution in [0.2, 0.25) is 0 Å². The lowest BCUT2D eigenvalue weighted by molar-refractivity contribution is -0.153. The van der Waals surface area contributed by atoms with Crippen molar-refractivity contribution in [2.24, 2.45) is 5.41 Å². The monoisotopic (exact) mass is 291 g/mol. The van der Waals surface area contributed by atoms with Gasteiger partial charge in [-0.15, -0.1) is 0 Å². The van der Waals surface area contributed by atoms with E-state index < -0.39 is 11.4 Å². The molecule has 2 N–H and O–H groups in total. The molecule has 0 spiro atoms. The van der Waals surface area contributed by atoms with E-state index in [1.807, 2.05) is 13.8 Å². The Bertz CT molecular complexity index is 518. The number of benzene rings is 1. The summed E-state index contributed by atoms with van der Waals surface area (Å²) < 4.78 is 5.51. The highest BCUT2D eigenvalue weighted by Gasteiger charge is 2.44. The first-order chi connectivity index (χ1) is 9.93. The molecule has 0 atom stereocenters. The van der Waals surface area contributed by atoms with Gasteiger partial charge in [0.25, 0.3) is 5.91 Å². The number of carbonyl (C=O) groups is 2. The number of ether oxygens (including phenoxy) is 1. The maximum atomic E-state index is 12.0. The van der Waals surface area contributed by atoms with E-state index in [4.69, 9.17) is 4.74 Å². The molecule has 5 nitrogen and oxygen atoms in total. The van der Waals surface area contributed by atoms with Crippen LogP contribution in [-0.2, 0) is 4.79 Å². The summed E-state index contributed by atoms with van der Waals surface area (Å²) in [5.74, 6) is -0.365. The maximum absolute atomic E-state index is 12.0. The molecule has 0 saturated heterocycles. The molecular weight excluding hydrogens is 270 g/mol. The van der Waals surface area contributed by atoms with Gasteiger partial charge in [-0.1, -0.05) is 6.42 Å². The molecule has 1 saturated carbocycles. The van der Waals surface area contributed by atoms with Crippen molar-refractivity contribution in [2.75, 3.05) is 6.54 Å². The molecule has 0 aromatic heterocycles.